The number of benzene rings is 1. The van der Waals surface area contributed by atoms with E-state index in [-0.39, 0.29) is 5.82 Å². The summed E-state index contributed by atoms with van der Waals surface area (Å²) in [6.45, 7) is 1.91. The van der Waals surface area contributed by atoms with Crippen LogP contribution in [0.25, 0.3) is 0 Å². The van der Waals surface area contributed by atoms with Crippen molar-refractivity contribution in [2.24, 2.45) is 0 Å². The van der Waals surface area contributed by atoms with Gasteiger partial charge in [0.25, 0.3) is 0 Å². The van der Waals surface area contributed by atoms with Crippen LogP contribution < -0.4 is 10.6 Å². The molecule has 1 aromatic heterocycles. The van der Waals surface area contributed by atoms with Gasteiger partial charge in [-0.15, -0.1) is 0 Å². The molecule has 4 nitrogen and oxygen atoms in total. The summed E-state index contributed by atoms with van der Waals surface area (Å²) in [4.78, 5) is 8.01. The van der Waals surface area contributed by atoms with Crippen molar-refractivity contribution in [2.45, 2.75) is 6.92 Å². The highest BCUT2D eigenvalue weighted by molar-refractivity contribution is 5.60. The molecule has 0 fully saturated rings. The van der Waals surface area contributed by atoms with Crippen molar-refractivity contribution in [1.29, 1.82) is 0 Å². The number of hydrogen-bond acceptors (Lipinski definition) is 4. The first-order valence-electron chi connectivity index (χ1n) is 5.22. The number of rotatable bonds is 3. The maximum absolute atomic E-state index is 13.5. The van der Waals surface area contributed by atoms with Gasteiger partial charge in [-0.1, -0.05) is 6.07 Å². The van der Waals surface area contributed by atoms with E-state index in [0.717, 1.165) is 5.56 Å². The van der Waals surface area contributed by atoms with Gasteiger partial charge in [-0.2, -0.15) is 0 Å². The van der Waals surface area contributed by atoms with Gasteiger partial charge in [-0.3, -0.25) is 0 Å². The van der Waals surface area contributed by atoms with E-state index in [1.54, 1.807) is 25.2 Å². The fourth-order valence-corrected chi connectivity index (χ4v) is 1.44. The predicted molar refractivity (Wildman–Crippen MR) is 66.0 cm³/mol. The van der Waals surface area contributed by atoms with Crippen molar-refractivity contribution < 1.29 is 4.39 Å². The van der Waals surface area contributed by atoms with Crippen LogP contribution in [0.3, 0.4) is 0 Å². The van der Waals surface area contributed by atoms with Crippen molar-refractivity contribution in [3.05, 3.63) is 42.0 Å². The van der Waals surface area contributed by atoms with Gasteiger partial charge < -0.3 is 10.6 Å². The normalized spacial score (nSPS) is 10.1. The zero-order valence-corrected chi connectivity index (χ0v) is 9.66. The number of halogens is 1. The van der Waals surface area contributed by atoms with Crippen LogP contribution in [-0.4, -0.2) is 17.0 Å². The van der Waals surface area contributed by atoms with Crippen LogP contribution in [0.1, 0.15) is 5.56 Å². The summed E-state index contributed by atoms with van der Waals surface area (Å²) in [5.74, 6) is 0.921. The van der Waals surface area contributed by atoms with Gasteiger partial charge in [0.1, 0.15) is 23.8 Å². The first kappa shape index (κ1) is 11.3. The second-order valence-corrected chi connectivity index (χ2v) is 3.65. The van der Waals surface area contributed by atoms with E-state index >= 15 is 0 Å². The van der Waals surface area contributed by atoms with E-state index < -0.39 is 0 Å². The van der Waals surface area contributed by atoms with Crippen LogP contribution >= 0.6 is 0 Å². The molecule has 0 saturated heterocycles. The number of nitrogens with one attached hydrogen (secondary N) is 2. The highest BCUT2D eigenvalue weighted by Crippen LogP contribution is 2.20. The topological polar surface area (TPSA) is 49.8 Å². The molecule has 0 aliphatic rings. The molecule has 0 saturated carbocycles. The van der Waals surface area contributed by atoms with Gasteiger partial charge in [-0.05, 0) is 24.6 Å². The molecule has 0 atom stereocenters. The van der Waals surface area contributed by atoms with Crippen molar-refractivity contribution in [3.63, 3.8) is 0 Å². The van der Waals surface area contributed by atoms with Crippen LogP contribution in [-0.2, 0) is 0 Å². The number of aromatic nitrogens is 2. The van der Waals surface area contributed by atoms with Gasteiger partial charge in [0.05, 0.1) is 5.69 Å². The van der Waals surface area contributed by atoms with Crippen LogP contribution in [0.5, 0.6) is 0 Å². The minimum absolute atomic E-state index is 0.305. The second kappa shape index (κ2) is 4.78. The average Bonchev–Trinajstić information content (AvgIpc) is 2.34. The van der Waals surface area contributed by atoms with E-state index in [2.05, 4.69) is 20.6 Å². The minimum atomic E-state index is -0.305. The standard InChI is InChI=1S/C12H13FN4/c1-8-3-4-9(13)10(5-8)17-12-6-11(14-2)15-7-16-12/h3-7H,1-2H3,(H2,14,15,16,17). The monoisotopic (exact) mass is 232 g/mol. The van der Waals surface area contributed by atoms with Crippen LogP contribution in [0, 0.1) is 12.7 Å². The smallest absolute Gasteiger partial charge is 0.146 e. The molecule has 0 amide bonds. The Balaban J connectivity index is 2.27. The van der Waals surface area contributed by atoms with E-state index in [9.17, 15) is 4.39 Å². The second-order valence-electron chi connectivity index (χ2n) is 3.65. The average molecular weight is 232 g/mol. The Morgan fingerprint density at radius 1 is 1.12 bits per heavy atom. The fourth-order valence-electron chi connectivity index (χ4n) is 1.44. The molecule has 2 N–H and O–H groups in total. The molecule has 0 spiro atoms. The Morgan fingerprint density at radius 3 is 2.65 bits per heavy atom. The van der Waals surface area contributed by atoms with Gasteiger partial charge in [-0.25, -0.2) is 14.4 Å². The Morgan fingerprint density at radius 2 is 1.88 bits per heavy atom. The molecule has 0 aliphatic carbocycles. The highest BCUT2D eigenvalue weighted by Gasteiger charge is 2.04. The minimum Gasteiger partial charge on any atom is -0.373 e. The van der Waals surface area contributed by atoms with E-state index in [0.29, 0.717) is 17.3 Å². The Labute approximate surface area is 98.9 Å². The molecular formula is C12H13FN4. The zero-order chi connectivity index (χ0) is 12.3. The summed E-state index contributed by atoms with van der Waals surface area (Å²) < 4.78 is 13.5. The molecule has 0 radical (unpaired) electrons. The SMILES string of the molecule is CNc1cc(Nc2cc(C)ccc2F)ncn1. The predicted octanol–water partition coefficient (Wildman–Crippen LogP) is 2.71. The molecule has 17 heavy (non-hydrogen) atoms. The Bertz CT molecular complexity index is 528. The molecule has 0 aliphatic heterocycles. The van der Waals surface area contributed by atoms with Gasteiger partial charge >= 0.3 is 0 Å². The van der Waals surface area contributed by atoms with Gasteiger partial charge in [0.15, 0.2) is 0 Å². The largest absolute Gasteiger partial charge is 0.373 e. The molecular weight excluding hydrogens is 219 g/mol. The summed E-state index contributed by atoms with van der Waals surface area (Å²) >= 11 is 0. The molecule has 0 unspecified atom stereocenters. The molecule has 0 bridgehead atoms. The molecule has 5 heteroatoms. The van der Waals surface area contributed by atoms with Crippen molar-refractivity contribution in [2.75, 3.05) is 17.7 Å². The lowest BCUT2D eigenvalue weighted by molar-refractivity contribution is 0.631. The Kier molecular flexibility index (Phi) is 3.18. The lowest BCUT2D eigenvalue weighted by atomic mass is 10.2. The third kappa shape index (κ3) is 2.69. The third-order valence-electron chi connectivity index (χ3n) is 2.31. The molecule has 2 aromatic rings. The van der Waals surface area contributed by atoms with Gasteiger partial charge in [0.2, 0.25) is 0 Å². The van der Waals surface area contributed by atoms with Crippen LogP contribution in [0.2, 0.25) is 0 Å². The van der Waals surface area contributed by atoms with E-state index in [4.69, 9.17) is 0 Å². The van der Waals surface area contributed by atoms with Crippen molar-refractivity contribution in [3.8, 4) is 0 Å². The highest BCUT2D eigenvalue weighted by atomic mass is 19.1. The maximum Gasteiger partial charge on any atom is 0.146 e. The van der Waals surface area contributed by atoms with Crippen LogP contribution in [0.15, 0.2) is 30.6 Å². The summed E-state index contributed by atoms with van der Waals surface area (Å²) in [6, 6.07) is 6.59. The van der Waals surface area contributed by atoms with E-state index in [1.807, 2.05) is 6.92 Å². The molecule has 1 aromatic carbocycles. The van der Waals surface area contributed by atoms with E-state index in [1.165, 1.54) is 12.4 Å². The lowest BCUT2D eigenvalue weighted by Crippen LogP contribution is -1.99. The molecule has 2 rings (SSSR count). The summed E-state index contributed by atoms with van der Waals surface area (Å²) in [7, 11) is 1.76. The number of aryl methyl sites for hydroxylation is 1. The third-order valence-corrected chi connectivity index (χ3v) is 2.31. The number of anilines is 3. The first-order chi connectivity index (χ1) is 8.19. The summed E-state index contributed by atoms with van der Waals surface area (Å²) in [6.07, 6.45) is 1.42. The van der Waals surface area contributed by atoms with Crippen LogP contribution in [0.4, 0.5) is 21.7 Å². The maximum atomic E-state index is 13.5. The number of hydrogen-bond donors (Lipinski definition) is 2. The van der Waals surface area contributed by atoms with Crippen molar-refractivity contribution in [1.82, 2.24) is 9.97 Å². The lowest BCUT2D eigenvalue weighted by Gasteiger charge is -2.08. The molecule has 88 valence electrons. The summed E-state index contributed by atoms with van der Waals surface area (Å²) in [5, 5.41) is 5.82. The van der Waals surface area contributed by atoms with Gasteiger partial charge in [0, 0.05) is 13.1 Å². The number of nitrogens with zero attached hydrogens (tertiary/aromatic N) is 2. The van der Waals surface area contributed by atoms with Crippen molar-refractivity contribution >= 4 is 17.3 Å². The fraction of sp³-hybridized carbons (Fsp3) is 0.167. The quantitative estimate of drug-likeness (QED) is 0.854. The Hall–Kier alpha value is -2.17. The first-order valence-corrected chi connectivity index (χ1v) is 5.22. The zero-order valence-electron chi connectivity index (χ0n) is 9.66. The summed E-state index contributed by atoms with van der Waals surface area (Å²) in [5.41, 5.74) is 1.39. The molecule has 1 heterocycles.